The molecule has 0 saturated carbocycles. The zero-order valence-electron chi connectivity index (χ0n) is 7.93. The number of fused-ring (bicyclic) bond motifs is 1. The first-order valence-electron chi connectivity index (χ1n) is 4.38. The Balaban J connectivity index is 0.00000112. The smallest absolute Gasteiger partial charge is 0.178 e. The van der Waals surface area contributed by atoms with E-state index < -0.39 is 5.56 Å². The molecule has 1 aliphatic heterocycles. The molecular weight excluding hydrogens is 236 g/mol. The van der Waals surface area contributed by atoms with E-state index >= 15 is 0 Å². The molecule has 0 saturated heterocycles. The Hall–Kier alpha value is -0.620. The molecule has 0 aromatic heterocycles. The zero-order chi connectivity index (χ0) is 10.1. The summed E-state index contributed by atoms with van der Waals surface area (Å²) in [6, 6.07) is 3.46. The van der Waals surface area contributed by atoms with Crippen molar-refractivity contribution in [3.63, 3.8) is 0 Å². The summed E-state index contributed by atoms with van der Waals surface area (Å²) in [5.41, 5.74) is 6.48. The number of aliphatic hydroxyl groups excluding tert-OH is 1. The predicted octanol–water partition coefficient (Wildman–Crippen LogP) is 1.11. The number of hydrogen-bond acceptors (Lipinski definition) is 5. The van der Waals surface area contributed by atoms with Gasteiger partial charge in [0, 0.05) is 4.90 Å². The van der Waals surface area contributed by atoms with Gasteiger partial charge in [-0.3, -0.25) is 0 Å². The van der Waals surface area contributed by atoms with Crippen LogP contribution in [0.3, 0.4) is 0 Å². The van der Waals surface area contributed by atoms with Crippen LogP contribution in [-0.2, 0) is 6.42 Å². The molecule has 0 spiro atoms. The normalized spacial score (nSPS) is 17.9. The highest BCUT2D eigenvalue weighted by molar-refractivity contribution is 8.00. The number of nitrogens with two attached hydrogens (primary N) is 1. The lowest BCUT2D eigenvalue weighted by atomic mass is 10.1. The summed E-state index contributed by atoms with van der Waals surface area (Å²) >= 11 is 1.30. The number of phenols is 1. The number of hydrogen-bond donors (Lipinski definition) is 4. The number of thioether (sulfide) groups is 1. The Kier molecular flexibility index (Phi) is 4.10. The van der Waals surface area contributed by atoms with E-state index in [0.29, 0.717) is 12.2 Å². The highest BCUT2D eigenvalue weighted by atomic mass is 35.5. The van der Waals surface area contributed by atoms with E-state index in [9.17, 15) is 10.2 Å². The molecule has 4 nitrogen and oxygen atoms in total. The summed E-state index contributed by atoms with van der Waals surface area (Å²) in [4.78, 5) is 0.906. The highest BCUT2D eigenvalue weighted by Crippen LogP contribution is 2.44. The van der Waals surface area contributed by atoms with Gasteiger partial charge in [0.15, 0.2) is 5.56 Å². The standard InChI is InChI=1S/C9H12N2O2S.ClH/c10-4-3-5-1-2-6(12)7-8(5)14-9(13)11-7;/h1-2,9,11-13H,3-4,10H2;1H. The summed E-state index contributed by atoms with van der Waals surface area (Å²) in [5.74, 6) is 0.171. The SMILES string of the molecule is Cl.NCCc1ccc(O)c2c1SC(O)N2. The van der Waals surface area contributed by atoms with Gasteiger partial charge in [-0.25, -0.2) is 0 Å². The van der Waals surface area contributed by atoms with Crippen LogP contribution in [0.5, 0.6) is 5.75 Å². The molecule has 6 heteroatoms. The van der Waals surface area contributed by atoms with Crippen molar-refractivity contribution < 1.29 is 10.2 Å². The van der Waals surface area contributed by atoms with Crippen LogP contribution >= 0.6 is 24.2 Å². The van der Waals surface area contributed by atoms with E-state index in [1.165, 1.54) is 11.8 Å². The first kappa shape index (κ1) is 12.4. The number of anilines is 1. The lowest BCUT2D eigenvalue weighted by molar-refractivity contribution is 0.293. The molecule has 15 heavy (non-hydrogen) atoms. The molecule has 2 rings (SSSR count). The zero-order valence-corrected chi connectivity index (χ0v) is 9.57. The average Bonchev–Trinajstić information content (AvgIpc) is 2.53. The van der Waals surface area contributed by atoms with Gasteiger partial charge in [-0.15, -0.1) is 12.4 Å². The minimum Gasteiger partial charge on any atom is -0.506 e. The van der Waals surface area contributed by atoms with Crippen LogP contribution < -0.4 is 11.1 Å². The second kappa shape index (κ2) is 4.94. The van der Waals surface area contributed by atoms with Crippen LogP contribution in [0.2, 0.25) is 0 Å². The van der Waals surface area contributed by atoms with E-state index in [1.54, 1.807) is 6.07 Å². The summed E-state index contributed by atoms with van der Waals surface area (Å²) in [6.07, 6.45) is 0.754. The monoisotopic (exact) mass is 248 g/mol. The predicted molar refractivity (Wildman–Crippen MR) is 63.6 cm³/mol. The third-order valence-electron chi connectivity index (χ3n) is 2.13. The molecule has 1 aromatic carbocycles. The van der Waals surface area contributed by atoms with Crippen molar-refractivity contribution >= 4 is 29.9 Å². The first-order valence-corrected chi connectivity index (χ1v) is 5.26. The molecule has 5 N–H and O–H groups in total. The van der Waals surface area contributed by atoms with Gasteiger partial charge in [0.05, 0.1) is 5.69 Å². The third kappa shape index (κ3) is 2.31. The Morgan fingerprint density at radius 1 is 1.47 bits per heavy atom. The Labute approximate surface area is 98.3 Å². The number of phenolic OH excluding ortho intramolecular Hbond substituents is 1. The fourth-order valence-corrected chi connectivity index (χ4v) is 2.51. The van der Waals surface area contributed by atoms with Crippen molar-refractivity contribution in [2.75, 3.05) is 11.9 Å². The van der Waals surface area contributed by atoms with Gasteiger partial charge < -0.3 is 21.3 Å². The lowest BCUT2D eigenvalue weighted by Crippen LogP contribution is -2.06. The van der Waals surface area contributed by atoms with Crippen LogP contribution in [-0.4, -0.2) is 22.3 Å². The van der Waals surface area contributed by atoms with Gasteiger partial charge in [0.2, 0.25) is 0 Å². The second-order valence-electron chi connectivity index (χ2n) is 3.10. The summed E-state index contributed by atoms with van der Waals surface area (Å²) in [7, 11) is 0. The maximum Gasteiger partial charge on any atom is 0.178 e. The van der Waals surface area contributed by atoms with Crippen molar-refractivity contribution in [2.45, 2.75) is 16.9 Å². The fraction of sp³-hybridized carbons (Fsp3) is 0.333. The molecule has 0 radical (unpaired) electrons. The molecule has 0 fully saturated rings. The van der Waals surface area contributed by atoms with Crippen molar-refractivity contribution in [1.29, 1.82) is 0 Å². The van der Waals surface area contributed by atoms with Gasteiger partial charge in [-0.2, -0.15) is 0 Å². The first-order chi connectivity index (χ1) is 6.72. The quantitative estimate of drug-likeness (QED) is 0.590. The van der Waals surface area contributed by atoms with Crippen molar-refractivity contribution in [3.8, 4) is 5.75 Å². The Morgan fingerprint density at radius 3 is 2.87 bits per heavy atom. The molecular formula is C9H13ClN2O2S. The fourth-order valence-electron chi connectivity index (χ4n) is 1.51. The average molecular weight is 249 g/mol. The van der Waals surface area contributed by atoms with Crippen molar-refractivity contribution in [3.05, 3.63) is 17.7 Å². The van der Waals surface area contributed by atoms with Gasteiger partial charge in [0.1, 0.15) is 5.75 Å². The third-order valence-corrected chi connectivity index (χ3v) is 3.17. The van der Waals surface area contributed by atoms with Crippen molar-refractivity contribution in [2.24, 2.45) is 5.73 Å². The summed E-state index contributed by atoms with van der Waals surface area (Å²) in [5, 5.41) is 21.7. The maximum absolute atomic E-state index is 9.52. The summed E-state index contributed by atoms with van der Waals surface area (Å²) in [6.45, 7) is 0.563. The molecule has 0 amide bonds. The Morgan fingerprint density at radius 2 is 2.20 bits per heavy atom. The molecule has 1 heterocycles. The van der Waals surface area contributed by atoms with E-state index in [1.807, 2.05) is 6.07 Å². The lowest BCUT2D eigenvalue weighted by Gasteiger charge is -2.06. The topological polar surface area (TPSA) is 78.5 Å². The second-order valence-corrected chi connectivity index (χ2v) is 4.19. The Bertz CT molecular complexity index is 362. The minimum atomic E-state index is -0.671. The van der Waals surface area contributed by atoms with Gasteiger partial charge in [-0.1, -0.05) is 17.8 Å². The van der Waals surface area contributed by atoms with E-state index in [-0.39, 0.29) is 18.2 Å². The summed E-state index contributed by atoms with van der Waals surface area (Å²) < 4.78 is 0. The number of nitrogens with one attached hydrogen (secondary N) is 1. The maximum atomic E-state index is 9.52. The van der Waals surface area contributed by atoms with E-state index in [4.69, 9.17) is 5.73 Å². The molecule has 1 unspecified atom stereocenters. The highest BCUT2D eigenvalue weighted by Gasteiger charge is 2.24. The number of aromatic hydroxyl groups is 1. The molecule has 1 atom stereocenters. The minimum absolute atomic E-state index is 0. The number of aliphatic hydroxyl groups is 1. The van der Waals surface area contributed by atoms with Crippen LogP contribution in [0, 0.1) is 0 Å². The van der Waals surface area contributed by atoms with Gasteiger partial charge in [-0.05, 0) is 24.6 Å². The van der Waals surface area contributed by atoms with Crippen LogP contribution in [0.25, 0.3) is 0 Å². The molecule has 1 aromatic rings. The van der Waals surface area contributed by atoms with Crippen LogP contribution in [0.15, 0.2) is 17.0 Å². The van der Waals surface area contributed by atoms with Crippen LogP contribution in [0.1, 0.15) is 5.56 Å². The van der Waals surface area contributed by atoms with Crippen LogP contribution in [0.4, 0.5) is 5.69 Å². The van der Waals surface area contributed by atoms with Gasteiger partial charge >= 0.3 is 0 Å². The largest absolute Gasteiger partial charge is 0.506 e. The number of rotatable bonds is 2. The molecule has 84 valence electrons. The van der Waals surface area contributed by atoms with E-state index in [0.717, 1.165) is 16.9 Å². The van der Waals surface area contributed by atoms with Gasteiger partial charge in [0.25, 0.3) is 0 Å². The molecule has 0 aliphatic carbocycles. The molecule has 1 aliphatic rings. The molecule has 0 bridgehead atoms. The van der Waals surface area contributed by atoms with E-state index in [2.05, 4.69) is 5.32 Å². The number of halogens is 1. The van der Waals surface area contributed by atoms with Crippen molar-refractivity contribution in [1.82, 2.24) is 0 Å². The number of benzene rings is 1.